The van der Waals surface area contributed by atoms with Gasteiger partial charge in [-0.3, -0.25) is 0 Å². The topological polar surface area (TPSA) is 26.0 Å². The second kappa shape index (κ2) is 6.45. The number of nitrogens with two attached hydrogens (primary N) is 1. The second-order valence-corrected chi connectivity index (χ2v) is 3.62. The van der Waals surface area contributed by atoms with Gasteiger partial charge in [-0.05, 0) is 17.8 Å². The average Bonchev–Trinajstić information content (AvgIpc) is 2.01. The van der Waals surface area contributed by atoms with E-state index in [0.717, 1.165) is 11.8 Å². The number of hydrogen-bond donors (Lipinski definition) is 1. The number of para-hydroxylation sites is 1. The first-order valence-corrected chi connectivity index (χ1v) is 4.66. The molecule has 0 radical (unpaired) electrons. The van der Waals surface area contributed by atoms with Crippen molar-refractivity contribution in [2.24, 2.45) is 0 Å². The molecule has 0 saturated carbocycles. The van der Waals surface area contributed by atoms with Gasteiger partial charge in [-0.15, -0.1) is 0 Å². The van der Waals surface area contributed by atoms with Crippen molar-refractivity contribution in [3.63, 3.8) is 0 Å². The number of hydrogen-bond acceptors (Lipinski definition) is 2. The van der Waals surface area contributed by atoms with Crippen LogP contribution in [0.4, 0.5) is 18.6 Å². The first-order valence-electron chi connectivity index (χ1n) is 3.67. The molecule has 14 heavy (non-hydrogen) atoms. The Labute approximate surface area is 127 Å². The number of rotatable bonds is 3. The largest absolute Gasteiger partial charge is 1.00 e. The van der Waals surface area contributed by atoms with Crippen molar-refractivity contribution in [2.75, 3.05) is 11.4 Å². The van der Waals surface area contributed by atoms with Gasteiger partial charge >= 0.3 is 58.4 Å². The molecule has 1 aromatic rings. The SMILES string of the molecule is Nc1ccccc1SC[B-](F)(F)F.[K+]. The minimum absolute atomic E-state index is 0. The van der Waals surface area contributed by atoms with Gasteiger partial charge in [0, 0.05) is 10.6 Å². The quantitative estimate of drug-likeness (QED) is 0.451. The monoisotopic (exact) mass is 245 g/mol. The molecule has 0 heterocycles. The van der Waals surface area contributed by atoms with Crippen molar-refractivity contribution in [2.45, 2.75) is 4.90 Å². The molecule has 0 atom stereocenters. The first-order chi connectivity index (χ1) is 5.99. The minimum Gasteiger partial charge on any atom is -0.448 e. The average molecular weight is 245 g/mol. The second-order valence-electron chi connectivity index (χ2n) is 2.56. The van der Waals surface area contributed by atoms with Crippen LogP contribution >= 0.6 is 11.8 Å². The van der Waals surface area contributed by atoms with Crippen LogP contribution in [0, 0.1) is 0 Å². The predicted octanol–water partition coefficient (Wildman–Crippen LogP) is -0.248. The van der Waals surface area contributed by atoms with Crippen LogP contribution in [-0.4, -0.2) is 12.6 Å². The molecule has 0 amide bonds. The molecule has 0 saturated heterocycles. The zero-order valence-corrected chi connectivity index (χ0v) is 11.7. The Bertz CT molecular complexity index is 295. The molecule has 72 valence electrons. The third-order valence-corrected chi connectivity index (χ3v) is 2.57. The molecule has 0 fully saturated rings. The van der Waals surface area contributed by atoms with Crippen LogP contribution < -0.4 is 57.1 Å². The van der Waals surface area contributed by atoms with Crippen LogP contribution in [0.5, 0.6) is 0 Å². The van der Waals surface area contributed by atoms with E-state index in [-0.39, 0.29) is 51.4 Å². The zero-order valence-electron chi connectivity index (χ0n) is 7.71. The minimum atomic E-state index is -4.74. The van der Waals surface area contributed by atoms with Gasteiger partial charge in [0.15, 0.2) is 0 Å². The van der Waals surface area contributed by atoms with E-state index in [0.29, 0.717) is 10.6 Å². The fourth-order valence-corrected chi connectivity index (χ4v) is 1.57. The summed E-state index contributed by atoms with van der Waals surface area (Å²) in [6.45, 7) is -4.74. The molecule has 0 aliphatic rings. The van der Waals surface area contributed by atoms with Crippen molar-refractivity contribution >= 4 is 24.4 Å². The molecule has 0 bridgehead atoms. The zero-order chi connectivity index (χ0) is 9.90. The van der Waals surface area contributed by atoms with Crippen molar-refractivity contribution in [3.05, 3.63) is 24.3 Å². The summed E-state index contributed by atoms with van der Waals surface area (Å²) in [6, 6.07) is 6.54. The van der Waals surface area contributed by atoms with Crippen molar-refractivity contribution < 1.29 is 64.3 Å². The van der Waals surface area contributed by atoms with Crippen molar-refractivity contribution in [3.8, 4) is 0 Å². The van der Waals surface area contributed by atoms with Crippen molar-refractivity contribution in [1.29, 1.82) is 0 Å². The van der Waals surface area contributed by atoms with E-state index < -0.39 is 12.6 Å². The fourth-order valence-electron chi connectivity index (χ4n) is 0.796. The van der Waals surface area contributed by atoms with E-state index in [1.54, 1.807) is 24.3 Å². The molecule has 0 aliphatic carbocycles. The number of anilines is 1. The van der Waals surface area contributed by atoms with E-state index in [2.05, 4.69) is 0 Å². The van der Waals surface area contributed by atoms with E-state index in [4.69, 9.17) is 5.73 Å². The van der Waals surface area contributed by atoms with Gasteiger partial charge in [0.25, 0.3) is 0 Å². The summed E-state index contributed by atoms with van der Waals surface area (Å²) in [5, 5.41) is 0. The number of nitrogen functional groups attached to an aromatic ring is 1. The molecule has 2 N–H and O–H groups in total. The Balaban J connectivity index is 0.00000169. The van der Waals surface area contributed by atoms with Gasteiger partial charge in [-0.25, -0.2) is 0 Å². The number of thioether (sulfide) groups is 1. The van der Waals surface area contributed by atoms with E-state index in [9.17, 15) is 12.9 Å². The smallest absolute Gasteiger partial charge is 0.448 e. The maximum atomic E-state index is 11.9. The van der Waals surface area contributed by atoms with E-state index in [1.807, 2.05) is 0 Å². The summed E-state index contributed by atoms with van der Waals surface area (Å²) in [5.74, 6) is 0. The maximum Gasteiger partial charge on any atom is 1.00 e. The Morgan fingerprint density at radius 3 is 2.29 bits per heavy atom. The Morgan fingerprint density at radius 1 is 1.21 bits per heavy atom. The normalized spacial score (nSPS) is 10.8. The van der Waals surface area contributed by atoms with Crippen LogP contribution in [0.3, 0.4) is 0 Å². The molecular weight excluding hydrogens is 237 g/mol. The van der Waals surface area contributed by atoms with Crippen LogP contribution in [0.25, 0.3) is 0 Å². The summed E-state index contributed by atoms with van der Waals surface area (Å²) in [5.41, 5.74) is 5.03. The number of halogens is 3. The fraction of sp³-hybridized carbons (Fsp3) is 0.143. The third kappa shape index (κ3) is 5.67. The molecule has 1 rings (SSSR count). The van der Waals surface area contributed by atoms with Crippen LogP contribution in [0.2, 0.25) is 0 Å². The molecule has 7 heteroatoms. The van der Waals surface area contributed by atoms with Crippen LogP contribution in [-0.2, 0) is 0 Å². The molecule has 0 unspecified atom stereocenters. The summed E-state index contributed by atoms with van der Waals surface area (Å²) >= 11 is 0.732. The molecule has 1 nitrogen and oxygen atoms in total. The summed E-state index contributed by atoms with van der Waals surface area (Å²) in [6.07, 6.45) is 0. The van der Waals surface area contributed by atoms with Gasteiger partial charge in [-0.2, -0.15) is 11.8 Å². The molecule has 1 aromatic carbocycles. The van der Waals surface area contributed by atoms with Crippen LogP contribution in [0.1, 0.15) is 0 Å². The summed E-state index contributed by atoms with van der Waals surface area (Å²) in [7, 11) is 0. The predicted molar refractivity (Wildman–Crippen MR) is 50.7 cm³/mol. The van der Waals surface area contributed by atoms with E-state index >= 15 is 0 Å². The maximum absolute atomic E-state index is 11.9. The Morgan fingerprint density at radius 2 is 1.79 bits per heavy atom. The molecule has 0 spiro atoms. The van der Waals surface area contributed by atoms with Gasteiger partial charge in [0.1, 0.15) is 0 Å². The summed E-state index contributed by atoms with van der Waals surface area (Å²) in [4.78, 5) is 0.488. The standard InChI is InChI=1S/C7H8BF3NS.K/c9-8(10,11)5-13-7-4-2-1-3-6(7)12;/h1-4H,5,12H2;/q-1;+1. The first kappa shape index (κ1) is 14.9. The molecular formula is C7H8BF3KNS. The molecule has 0 aliphatic heterocycles. The van der Waals surface area contributed by atoms with Gasteiger partial charge in [-0.1, -0.05) is 12.1 Å². The summed E-state index contributed by atoms with van der Waals surface area (Å²) < 4.78 is 35.6. The van der Waals surface area contributed by atoms with Gasteiger partial charge in [0.05, 0.1) is 0 Å². The van der Waals surface area contributed by atoms with Crippen molar-refractivity contribution in [1.82, 2.24) is 0 Å². The van der Waals surface area contributed by atoms with Crippen LogP contribution in [0.15, 0.2) is 29.2 Å². The van der Waals surface area contributed by atoms with Gasteiger partial charge < -0.3 is 18.7 Å². The van der Waals surface area contributed by atoms with Gasteiger partial charge in [0.2, 0.25) is 0 Å². The van der Waals surface area contributed by atoms with E-state index in [1.165, 1.54) is 0 Å². The third-order valence-electron chi connectivity index (χ3n) is 1.35. The molecule has 0 aromatic heterocycles. The Hall–Kier alpha value is 0.861. The number of benzene rings is 1. The Kier molecular flexibility index (Phi) is 6.84.